The highest BCUT2D eigenvalue weighted by molar-refractivity contribution is 6.00. The summed E-state index contributed by atoms with van der Waals surface area (Å²) in [7, 11) is 1.81. The number of hydrogen-bond acceptors (Lipinski definition) is 6. The van der Waals surface area contributed by atoms with Gasteiger partial charge in [-0.1, -0.05) is 6.07 Å². The van der Waals surface area contributed by atoms with Gasteiger partial charge in [0.15, 0.2) is 0 Å². The second kappa shape index (κ2) is 8.61. The zero-order chi connectivity index (χ0) is 22.4. The molecule has 0 radical (unpaired) electrons. The number of methoxy groups -OCH3 is 1. The summed E-state index contributed by atoms with van der Waals surface area (Å²) < 4.78 is 11.2. The number of amides is 1. The van der Waals surface area contributed by atoms with Crippen LogP contribution in [0.4, 0.5) is 22.9 Å². The molecule has 3 fully saturated rings. The minimum Gasteiger partial charge on any atom is -0.381 e. The molecule has 1 aromatic heterocycles. The molecule has 2 bridgehead atoms. The van der Waals surface area contributed by atoms with E-state index in [2.05, 4.69) is 39.5 Å². The predicted molar refractivity (Wildman–Crippen MR) is 128 cm³/mol. The van der Waals surface area contributed by atoms with E-state index in [1.165, 1.54) is 0 Å². The van der Waals surface area contributed by atoms with E-state index in [0.717, 1.165) is 80.4 Å². The van der Waals surface area contributed by atoms with E-state index >= 15 is 0 Å². The Bertz CT molecular complexity index is 1020. The Labute approximate surface area is 195 Å². The molecule has 2 saturated carbocycles. The van der Waals surface area contributed by atoms with Crippen molar-refractivity contribution in [3.05, 3.63) is 42.1 Å². The summed E-state index contributed by atoms with van der Waals surface area (Å²) >= 11 is 0. The molecule has 1 N–H and O–H groups in total. The summed E-state index contributed by atoms with van der Waals surface area (Å²) in [5.41, 5.74) is 4.08. The molecule has 1 aromatic carbocycles. The van der Waals surface area contributed by atoms with Crippen LogP contribution in [-0.2, 0) is 20.8 Å². The minimum atomic E-state index is 0.0783. The Balaban J connectivity index is 1.38. The van der Waals surface area contributed by atoms with Gasteiger partial charge in [0.05, 0.1) is 37.2 Å². The van der Waals surface area contributed by atoms with Crippen LogP contribution < -0.4 is 15.1 Å². The number of anilines is 4. The molecule has 6 rings (SSSR count). The van der Waals surface area contributed by atoms with Crippen LogP contribution in [0.1, 0.15) is 31.2 Å². The van der Waals surface area contributed by atoms with Crippen LogP contribution in [0.25, 0.3) is 0 Å². The lowest BCUT2D eigenvalue weighted by Crippen LogP contribution is -2.43. The molecule has 1 amide bonds. The second-order valence-corrected chi connectivity index (χ2v) is 9.81. The van der Waals surface area contributed by atoms with Crippen LogP contribution in [0.2, 0.25) is 0 Å². The van der Waals surface area contributed by atoms with Crippen molar-refractivity contribution in [2.75, 3.05) is 48.5 Å². The molecule has 7 heteroatoms. The average Bonchev–Trinajstić information content (AvgIpc) is 3.03. The van der Waals surface area contributed by atoms with Crippen molar-refractivity contribution in [3.8, 4) is 0 Å². The minimum absolute atomic E-state index is 0.0783. The van der Waals surface area contributed by atoms with Gasteiger partial charge in [-0.25, -0.2) is 4.98 Å². The lowest BCUT2D eigenvalue weighted by Gasteiger charge is -2.37. The van der Waals surface area contributed by atoms with Crippen LogP contribution in [0.15, 0.2) is 36.5 Å². The Hall–Kier alpha value is -2.64. The fourth-order valence-electron chi connectivity index (χ4n) is 6.37. The maximum atomic E-state index is 14.2. The molecular formula is C26H32N4O3. The van der Waals surface area contributed by atoms with Gasteiger partial charge >= 0.3 is 0 Å². The highest BCUT2D eigenvalue weighted by atomic mass is 16.5. The van der Waals surface area contributed by atoms with E-state index in [9.17, 15) is 4.79 Å². The number of nitrogens with zero attached hydrogens (tertiary/aromatic N) is 3. The van der Waals surface area contributed by atoms with Gasteiger partial charge in [-0.15, -0.1) is 0 Å². The first-order chi connectivity index (χ1) is 16.2. The van der Waals surface area contributed by atoms with Gasteiger partial charge in [-0.05, 0) is 61.8 Å². The van der Waals surface area contributed by atoms with Crippen LogP contribution in [-0.4, -0.2) is 50.4 Å². The maximum Gasteiger partial charge on any atom is 0.231 e. The van der Waals surface area contributed by atoms with Crippen molar-refractivity contribution in [2.24, 2.45) is 17.8 Å². The number of carbonyl (C=O) groups excluding carboxylic acids is 1. The molecule has 0 spiro atoms. The number of benzene rings is 1. The fourth-order valence-corrected chi connectivity index (χ4v) is 6.37. The van der Waals surface area contributed by atoms with Crippen LogP contribution >= 0.6 is 0 Å². The quantitative estimate of drug-likeness (QED) is 0.767. The normalized spacial score (nSPS) is 28.5. The number of ether oxygens (including phenoxy) is 2. The number of aromatic nitrogens is 1. The smallest absolute Gasteiger partial charge is 0.231 e. The summed E-state index contributed by atoms with van der Waals surface area (Å²) in [6.07, 6.45) is 6.35. The Morgan fingerprint density at radius 1 is 1.15 bits per heavy atom. The topological polar surface area (TPSA) is 66.9 Å². The lowest BCUT2D eigenvalue weighted by molar-refractivity contribution is -0.127. The highest BCUT2D eigenvalue weighted by Gasteiger charge is 2.48. The lowest BCUT2D eigenvalue weighted by atomic mass is 9.76. The first-order valence-electron chi connectivity index (χ1n) is 12.2. The summed E-state index contributed by atoms with van der Waals surface area (Å²) in [5, 5.41) is 3.51. The molecule has 1 saturated heterocycles. The van der Waals surface area contributed by atoms with E-state index in [-0.39, 0.29) is 11.8 Å². The molecule has 2 unspecified atom stereocenters. The van der Waals surface area contributed by atoms with Crippen molar-refractivity contribution < 1.29 is 14.3 Å². The van der Waals surface area contributed by atoms with Crippen LogP contribution in [0, 0.1) is 17.8 Å². The van der Waals surface area contributed by atoms with Crippen molar-refractivity contribution in [1.82, 2.24) is 4.98 Å². The summed E-state index contributed by atoms with van der Waals surface area (Å²) in [6.45, 7) is 3.75. The number of rotatable bonds is 3. The van der Waals surface area contributed by atoms with Gasteiger partial charge < -0.3 is 24.6 Å². The molecule has 33 heavy (non-hydrogen) atoms. The van der Waals surface area contributed by atoms with Gasteiger partial charge in [0.25, 0.3) is 0 Å². The molecule has 2 aliphatic heterocycles. The standard InChI is InChI=1S/C26H32N4O3/c1-32-21-13-17-4-5-18(14-21)24(17)26(31)30-16-19-3-2-8-27-25(19)28-22-7-6-20(15-23(22)30)29-9-11-33-12-10-29/h2-3,6-8,15,17-18,21,24H,4-5,9-14,16H2,1H3,(H,27,28)/t17?,18?,21-,24-. The fraction of sp³-hybridized carbons (Fsp3) is 0.538. The number of nitrogens with one attached hydrogen (secondary N) is 1. The first kappa shape index (κ1) is 20.9. The predicted octanol–water partition coefficient (Wildman–Crippen LogP) is 3.96. The zero-order valence-electron chi connectivity index (χ0n) is 19.2. The SMILES string of the molecule is CO[C@H]1CC2CCC(C1)[C@H]2C(=O)N1Cc2cccnc2Nc2ccc(N3CCOCC3)cc21. The van der Waals surface area contributed by atoms with Gasteiger partial charge in [0.1, 0.15) is 5.82 Å². The average molecular weight is 449 g/mol. The van der Waals surface area contributed by atoms with E-state index < -0.39 is 0 Å². The maximum absolute atomic E-state index is 14.2. The Morgan fingerprint density at radius 3 is 2.70 bits per heavy atom. The molecule has 3 heterocycles. The molecule has 2 atom stereocenters. The van der Waals surface area contributed by atoms with Gasteiger partial charge in [-0.3, -0.25) is 4.79 Å². The van der Waals surface area contributed by atoms with Gasteiger partial charge in [-0.2, -0.15) is 0 Å². The molecule has 2 aromatic rings. The van der Waals surface area contributed by atoms with E-state index in [4.69, 9.17) is 9.47 Å². The number of morpholine rings is 1. The first-order valence-corrected chi connectivity index (χ1v) is 12.2. The van der Waals surface area contributed by atoms with Crippen molar-refractivity contribution in [1.29, 1.82) is 0 Å². The highest BCUT2D eigenvalue weighted by Crippen LogP contribution is 2.49. The van der Waals surface area contributed by atoms with Crippen LogP contribution in [0.3, 0.4) is 0 Å². The van der Waals surface area contributed by atoms with Crippen molar-refractivity contribution in [3.63, 3.8) is 0 Å². The van der Waals surface area contributed by atoms with E-state index in [0.29, 0.717) is 24.5 Å². The third kappa shape index (κ3) is 3.77. The largest absolute Gasteiger partial charge is 0.381 e. The van der Waals surface area contributed by atoms with Gasteiger partial charge in [0.2, 0.25) is 5.91 Å². The third-order valence-electron chi connectivity index (χ3n) is 8.06. The van der Waals surface area contributed by atoms with Crippen molar-refractivity contribution in [2.45, 2.75) is 38.3 Å². The molecule has 7 nitrogen and oxygen atoms in total. The van der Waals surface area contributed by atoms with Crippen molar-refractivity contribution >= 4 is 28.8 Å². The van der Waals surface area contributed by atoms with Crippen LogP contribution in [0.5, 0.6) is 0 Å². The molecule has 2 aliphatic carbocycles. The summed E-state index contributed by atoms with van der Waals surface area (Å²) in [4.78, 5) is 23.2. The number of pyridine rings is 1. The third-order valence-corrected chi connectivity index (χ3v) is 8.06. The number of hydrogen-bond donors (Lipinski definition) is 1. The summed E-state index contributed by atoms with van der Waals surface area (Å²) in [5.74, 6) is 2.00. The molecular weight excluding hydrogens is 416 g/mol. The molecule has 174 valence electrons. The number of carbonyl (C=O) groups is 1. The number of fused-ring (bicyclic) bond motifs is 4. The monoisotopic (exact) mass is 448 g/mol. The van der Waals surface area contributed by atoms with E-state index in [1.54, 1.807) is 13.3 Å². The van der Waals surface area contributed by atoms with Gasteiger partial charge in [0, 0.05) is 43.6 Å². The Kier molecular flexibility index (Phi) is 5.46. The zero-order valence-corrected chi connectivity index (χ0v) is 19.2. The van der Waals surface area contributed by atoms with E-state index in [1.807, 2.05) is 11.0 Å². The summed E-state index contributed by atoms with van der Waals surface area (Å²) in [6, 6.07) is 10.4. The Morgan fingerprint density at radius 2 is 1.94 bits per heavy atom. The molecule has 4 aliphatic rings. The second-order valence-electron chi connectivity index (χ2n) is 9.81.